The van der Waals surface area contributed by atoms with Gasteiger partial charge in [0.05, 0.1) is 11.6 Å². The Labute approximate surface area is 139 Å². The Morgan fingerprint density at radius 1 is 1.29 bits per heavy atom. The predicted octanol–water partition coefficient (Wildman–Crippen LogP) is 1.89. The molecule has 1 aromatic rings. The van der Waals surface area contributed by atoms with Crippen LogP contribution in [0.5, 0.6) is 5.75 Å². The van der Waals surface area contributed by atoms with Crippen LogP contribution in [0.4, 0.5) is 13.2 Å². The zero-order chi connectivity index (χ0) is 18.5. The van der Waals surface area contributed by atoms with Crippen LogP contribution in [-0.4, -0.2) is 48.3 Å². The molecule has 1 aromatic carbocycles. The van der Waals surface area contributed by atoms with E-state index in [1.165, 1.54) is 24.1 Å². The van der Waals surface area contributed by atoms with Gasteiger partial charge in [-0.3, -0.25) is 4.79 Å². The summed E-state index contributed by atoms with van der Waals surface area (Å²) in [6.45, 7) is 3.50. The number of benzene rings is 1. The highest BCUT2D eigenvalue weighted by atomic mass is 19.4. The third-order valence-electron chi connectivity index (χ3n) is 3.49. The number of aliphatic hydroxyl groups is 1. The molecule has 0 aliphatic rings. The fourth-order valence-corrected chi connectivity index (χ4v) is 1.93. The maximum Gasteiger partial charge on any atom is 0.416 e. The van der Waals surface area contributed by atoms with E-state index < -0.39 is 23.9 Å². The number of nitrogens with two attached hydrogens (primary N) is 1. The summed E-state index contributed by atoms with van der Waals surface area (Å²) >= 11 is 0. The Morgan fingerprint density at radius 3 is 2.29 bits per heavy atom. The van der Waals surface area contributed by atoms with Crippen LogP contribution in [0.1, 0.15) is 19.4 Å². The average Bonchev–Trinajstić information content (AvgIpc) is 2.50. The summed E-state index contributed by atoms with van der Waals surface area (Å²) in [6, 6.07) is 3.51. The molecule has 0 heterocycles. The van der Waals surface area contributed by atoms with E-state index in [9.17, 15) is 23.1 Å². The van der Waals surface area contributed by atoms with Gasteiger partial charge in [-0.15, -0.1) is 0 Å². The lowest BCUT2D eigenvalue weighted by molar-refractivity contribution is -0.137. The van der Waals surface area contributed by atoms with Crippen LogP contribution in [0.2, 0.25) is 0 Å². The summed E-state index contributed by atoms with van der Waals surface area (Å²) in [6.07, 6.45) is -5.39. The molecular formula is C16H23F3N2O3. The molecular weight excluding hydrogens is 325 g/mol. The van der Waals surface area contributed by atoms with E-state index in [2.05, 4.69) is 0 Å². The Hall–Kier alpha value is -1.80. The smallest absolute Gasteiger partial charge is 0.416 e. The van der Waals surface area contributed by atoms with Gasteiger partial charge in [0.1, 0.15) is 18.5 Å². The van der Waals surface area contributed by atoms with Crippen molar-refractivity contribution in [1.82, 2.24) is 4.90 Å². The quantitative estimate of drug-likeness (QED) is 0.789. The molecule has 1 amide bonds. The Balaban J connectivity index is 2.48. The number of nitrogens with zero attached hydrogens (tertiary/aromatic N) is 1. The number of amides is 1. The zero-order valence-electron chi connectivity index (χ0n) is 13.9. The lowest BCUT2D eigenvalue weighted by Gasteiger charge is -2.25. The van der Waals surface area contributed by atoms with Crippen molar-refractivity contribution in [1.29, 1.82) is 0 Å². The number of likely N-dealkylation sites (N-methyl/N-ethyl adjacent to an activating group) is 1. The van der Waals surface area contributed by atoms with Crippen LogP contribution in [0.15, 0.2) is 24.3 Å². The maximum absolute atomic E-state index is 12.4. The summed E-state index contributed by atoms with van der Waals surface area (Å²) in [4.78, 5) is 13.3. The second-order valence-electron chi connectivity index (χ2n) is 5.98. The monoisotopic (exact) mass is 348 g/mol. The van der Waals surface area contributed by atoms with E-state index in [0.717, 1.165) is 12.1 Å². The molecule has 0 saturated carbocycles. The number of halogens is 3. The molecule has 0 aliphatic heterocycles. The van der Waals surface area contributed by atoms with Gasteiger partial charge in [0.25, 0.3) is 0 Å². The van der Waals surface area contributed by atoms with Crippen molar-refractivity contribution in [2.24, 2.45) is 11.7 Å². The summed E-state index contributed by atoms with van der Waals surface area (Å²) in [5.41, 5.74) is 4.98. The number of aliphatic hydroxyl groups excluding tert-OH is 1. The molecule has 1 unspecified atom stereocenters. The van der Waals surface area contributed by atoms with Gasteiger partial charge in [0.15, 0.2) is 0 Å². The number of ether oxygens (including phenoxy) is 1. The highest BCUT2D eigenvalue weighted by molar-refractivity contribution is 5.81. The third kappa shape index (κ3) is 6.01. The molecule has 0 aliphatic carbocycles. The molecule has 0 bridgehead atoms. The minimum absolute atomic E-state index is 0.0138. The first-order valence-corrected chi connectivity index (χ1v) is 7.51. The summed E-state index contributed by atoms with van der Waals surface area (Å²) in [7, 11) is 1.52. The molecule has 8 heteroatoms. The molecule has 0 saturated heterocycles. The highest BCUT2D eigenvalue weighted by Gasteiger charge is 2.30. The molecule has 1 rings (SSSR count). The fraction of sp³-hybridized carbons (Fsp3) is 0.562. The van der Waals surface area contributed by atoms with Gasteiger partial charge in [-0.05, 0) is 30.2 Å². The topological polar surface area (TPSA) is 75.8 Å². The largest absolute Gasteiger partial charge is 0.491 e. The Kier molecular flexibility index (Phi) is 7.04. The fourth-order valence-electron chi connectivity index (χ4n) is 1.93. The van der Waals surface area contributed by atoms with Gasteiger partial charge in [-0.1, -0.05) is 13.8 Å². The van der Waals surface area contributed by atoms with Crippen LogP contribution in [0.3, 0.4) is 0 Å². The standard InChI is InChI=1S/C16H23F3N2O3/c1-10(2)14(20)15(23)21(3)8-12(22)9-24-13-6-4-11(5-7-13)16(17,18)19/h4-7,10,12,14,22H,8-9,20H2,1-3H3/t12?,14-/m0/s1. The van der Waals surface area contributed by atoms with E-state index in [1.54, 1.807) is 0 Å². The lowest BCUT2D eigenvalue weighted by Crippen LogP contribution is -2.47. The zero-order valence-corrected chi connectivity index (χ0v) is 13.9. The van der Waals surface area contributed by atoms with Crippen molar-refractivity contribution >= 4 is 5.91 Å². The van der Waals surface area contributed by atoms with Gasteiger partial charge in [-0.2, -0.15) is 13.2 Å². The molecule has 0 radical (unpaired) electrons. The lowest BCUT2D eigenvalue weighted by atomic mass is 10.0. The molecule has 5 nitrogen and oxygen atoms in total. The first-order chi connectivity index (χ1) is 11.0. The Bertz CT molecular complexity index is 532. The van der Waals surface area contributed by atoms with Crippen molar-refractivity contribution in [2.45, 2.75) is 32.2 Å². The SMILES string of the molecule is CC(C)[C@H](N)C(=O)N(C)CC(O)COc1ccc(C(F)(F)F)cc1. The molecule has 3 N–H and O–H groups in total. The van der Waals surface area contributed by atoms with Crippen molar-refractivity contribution in [3.8, 4) is 5.75 Å². The number of hydrogen-bond donors (Lipinski definition) is 2. The van der Waals surface area contributed by atoms with E-state index in [1.807, 2.05) is 13.8 Å². The second-order valence-corrected chi connectivity index (χ2v) is 5.98. The van der Waals surface area contributed by atoms with Crippen LogP contribution in [0.25, 0.3) is 0 Å². The number of carbonyl (C=O) groups excluding carboxylic acids is 1. The van der Waals surface area contributed by atoms with E-state index in [4.69, 9.17) is 10.5 Å². The average molecular weight is 348 g/mol. The van der Waals surface area contributed by atoms with Gasteiger partial charge < -0.3 is 20.5 Å². The predicted molar refractivity (Wildman–Crippen MR) is 83.4 cm³/mol. The van der Waals surface area contributed by atoms with Crippen LogP contribution in [-0.2, 0) is 11.0 Å². The Morgan fingerprint density at radius 2 is 1.83 bits per heavy atom. The number of rotatable bonds is 7. The van der Waals surface area contributed by atoms with E-state index >= 15 is 0 Å². The second kappa shape index (κ2) is 8.34. The number of alkyl halides is 3. The first-order valence-electron chi connectivity index (χ1n) is 7.51. The molecule has 24 heavy (non-hydrogen) atoms. The van der Waals surface area contributed by atoms with Gasteiger partial charge in [-0.25, -0.2) is 0 Å². The third-order valence-corrected chi connectivity index (χ3v) is 3.49. The molecule has 0 fully saturated rings. The maximum atomic E-state index is 12.4. The van der Waals surface area contributed by atoms with Crippen LogP contribution >= 0.6 is 0 Å². The van der Waals surface area contributed by atoms with Gasteiger partial charge >= 0.3 is 6.18 Å². The highest BCUT2D eigenvalue weighted by Crippen LogP contribution is 2.30. The molecule has 136 valence electrons. The molecule has 0 spiro atoms. The number of carbonyl (C=O) groups is 1. The normalized spacial score (nSPS) is 14.4. The summed E-state index contributed by atoms with van der Waals surface area (Å²) in [5.74, 6) is -0.117. The van der Waals surface area contributed by atoms with Crippen LogP contribution in [0, 0.1) is 5.92 Å². The first kappa shape index (κ1) is 20.2. The number of hydrogen-bond acceptors (Lipinski definition) is 4. The van der Waals surface area contributed by atoms with Crippen LogP contribution < -0.4 is 10.5 Å². The summed E-state index contributed by atoms with van der Waals surface area (Å²) < 4.78 is 42.6. The van der Waals surface area contributed by atoms with Crippen molar-refractivity contribution in [3.63, 3.8) is 0 Å². The van der Waals surface area contributed by atoms with Gasteiger partial charge in [0, 0.05) is 13.6 Å². The summed E-state index contributed by atoms with van der Waals surface area (Å²) in [5, 5.41) is 9.89. The van der Waals surface area contributed by atoms with E-state index in [-0.39, 0.29) is 30.7 Å². The molecule has 0 aromatic heterocycles. The van der Waals surface area contributed by atoms with Crippen molar-refractivity contribution in [3.05, 3.63) is 29.8 Å². The van der Waals surface area contributed by atoms with Crippen molar-refractivity contribution < 1.29 is 27.8 Å². The minimum atomic E-state index is -4.41. The van der Waals surface area contributed by atoms with E-state index in [0.29, 0.717) is 0 Å². The molecule has 2 atom stereocenters. The minimum Gasteiger partial charge on any atom is -0.491 e. The van der Waals surface area contributed by atoms with Gasteiger partial charge in [0.2, 0.25) is 5.91 Å². The van der Waals surface area contributed by atoms with Crippen molar-refractivity contribution in [2.75, 3.05) is 20.2 Å².